The van der Waals surface area contributed by atoms with E-state index < -0.39 is 0 Å². The number of fused-ring (bicyclic) bond motifs is 1. The number of H-pyrrole nitrogens is 1. The Morgan fingerprint density at radius 2 is 2.19 bits per heavy atom. The lowest BCUT2D eigenvalue weighted by Gasteiger charge is -2.33. The van der Waals surface area contributed by atoms with Gasteiger partial charge in [0.05, 0.1) is 25.8 Å². The Morgan fingerprint density at radius 3 is 3.04 bits per heavy atom. The first-order chi connectivity index (χ1) is 12.6. The third kappa shape index (κ3) is 3.23. The van der Waals surface area contributed by atoms with E-state index in [2.05, 4.69) is 4.98 Å². The predicted octanol–water partition coefficient (Wildman–Crippen LogP) is 3.71. The van der Waals surface area contributed by atoms with Crippen molar-refractivity contribution in [2.45, 2.75) is 6.10 Å². The fraction of sp³-hybridized carbons (Fsp3) is 0.263. The molecule has 6 nitrogen and oxygen atoms in total. The summed E-state index contributed by atoms with van der Waals surface area (Å²) in [6.45, 7) is 1.52. The zero-order valence-electron chi connectivity index (χ0n) is 14.2. The molecule has 4 rings (SSSR count). The van der Waals surface area contributed by atoms with Crippen molar-refractivity contribution in [3.63, 3.8) is 0 Å². The van der Waals surface area contributed by atoms with Crippen LogP contribution in [0, 0.1) is 4.84 Å². The number of nitrogens with zero attached hydrogens (tertiary/aromatic N) is 1. The van der Waals surface area contributed by atoms with Crippen molar-refractivity contribution in [2.24, 2.45) is 0 Å². The molecule has 1 unspecified atom stereocenters. The summed E-state index contributed by atoms with van der Waals surface area (Å²) >= 11 is 4.99. The van der Waals surface area contributed by atoms with E-state index >= 15 is 0 Å². The Labute approximate surface area is 155 Å². The lowest BCUT2D eigenvalue weighted by Crippen LogP contribution is -2.42. The Hall–Kier alpha value is -2.64. The van der Waals surface area contributed by atoms with Crippen molar-refractivity contribution in [3.05, 3.63) is 58.4 Å². The molecular formula is C19H18N2O4S. The molecule has 1 aliphatic rings. The van der Waals surface area contributed by atoms with E-state index in [-0.39, 0.29) is 12.0 Å². The van der Waals surface area contributed by atoms with Crippen LogP contribution < -0.4 is 4.74 Å². The Bertz CT molecular complexity index is 1010. The van der Waals surface area contributed by atoms with Gasteiger partial charge in [-0.1, -0.05) is 12.1 Å². The van der Waals surface area contributed by atoms with Gasteiger partial charge in [0.25, 0.3) is 10.7 Å². The van der Waals surface area contributed by atoms with Gasteiger partial charge in [-0.3, -0.25) is 4.79 Å². The van der Waals surface area contributed by atoms with Crippen LogP contribution in [-0.2, 0) is 4.74 Å². The van der Waals surface area contributed by atoms with E-state index in [1.807, 2.05) is 30.3 Å². The number of carbonyl (C=O) groups excluding carboxylic acids is 1. The van der Waals surface area contributed by atoms with E-state index in [1.54, 1.807) is 24.1 Å². The van der Waals surface area contributed by atoms with Crippen molar-refractivity contribution in [1.82, 2.24) is 9.88 Å². The normalized spacial score (nSPS) is 17.4. The lowest BCUT2D eigenvalue weighted by atomic mass is 10.1. The lowest BCUT2D eigenvalue weighted by molar-refractivity contribution is -0.0228. The van der Waals surface area contributed by atoms with E-state index in [4.69, 9.17) is 26.1 Å². The van der Waals surface area contributed by atoms with Crippen LogP contribution in [0.25, 0.3) is 11.1 Å². The minimum atomic E-state index is -0.178. The molecule has 0 aliphatic carbocycles. The summed E-state index contributed by atoms with van der Waals surface area (Å²) in [7, 11) is 1.63. The summed E-state index contributed by atoms with van der Waals surface area (Å²) in [5.74, 6) is 0.721. The molecule has 1 atom stereocenters. The Morgan fingerprint density at radius 1 is 1.31 bits per heavy atom. The number of nitrogens with one attached hydrogen (secondary N) is 1. The van der Waals surface area contributed by atoms with Crippen LogP contribution >= 0.6 is 12.2 Å². The second-order valence-electron chi connectivity index (χ2n) is 6.11. The maximum absolute atomic E-state index is 12.9. The molecule has 2 heterocycles. The van der Waals surface area contributed by atoms with Crippen LogP contribution in [0.1, 0.15) is 22.0 Å². The third-order valence-electron chi connectivity index (χ3n) is 4.49. The largest absolute Gasteiger partial charge is 0.497 e. The third-order valence-corrected chi connectivity index (χ3v) is 4.67. The van der Waals surface area contributed by atoms with E-state index in [0.29, 0.717) is 35.7 Å². The highest BCUT2D eigenvalue weighted by Gasteiger charge is 2.26. The average molecular weight is 370 g/mol. The highest BCUT2D eigenvalue weighted by Crippen LogP contribution is 2.26. The van der Waals surface area contributed by atoms with Crippen LogP contribution in [0.5, 0.6) is 5.75 Å². The number of ether oxygens (including phenoxy) is 2. The van der Waals surface area contributed by atoms with Crippen LogP contribution in [-0.4, -0.2) is 42.6 Å². The van der Waals surface area contributed by atoms with E-state index in [1.165, 1.54) is 0 Å². The minimum Gasteiger partial charge on any atom is -0.497 e. The molecule has 0 saturated carbocycles. The van der Waals surface area contributed by atoms with Crippen molar-refractivity contribution in [2.75, 3.05) is 26.8 Å². The summed E-state index contributed by atoms with van der Waals surface area (Å²) in [5, 5.41) is 0. The molecule has 1 aliphatic heterocycles. The summed E-state index contributed by atoms with van der Waals surface area (Å²) in [6, 6.07) is 13.0. The summed E-state index contributed by atoms with van der Waals surface area (Å²) in [5.41, 5.74) is 2.93. The van der Waals surface area contributed by atoms with Crippen LogP contribution in [0.4, 0.5) is 0 Å². The molecule has 1 N–H and O–H groups in total. The first kappa shape index (κ1) is 16.8. The summed E-state index contributed by atoms with van der Waals surface area (Å²) < 4.78 is 16.6. The van der Waals surface area contributed by atoms with Crippen LogP contribution in [0.15, 0.2) is 46.9 Å². The quantitative estimate of drug-likeness (QED) is 0.712. The van der Waals surface area contributed by atoms with Gasteiger partial charge in [0, 0.05) is 12.1 Å². The fourth-order valence-corrected chi connectivity index (χ4v) is 3.34. The summed E-state index contributed by atoms with van der Waals surface area (Å²) in [4.78, 5) is 18.0. The Kier molecular flexibility index (Phi) is 4.48. The fourth-order valence-electron chi connectivity index (χ4n) is 3.14. The maximum atomic E-state index is 12.9. The Balaban J connectivity index is 1.56. The molecule has 134 valence electrons. The zero-order valence-corrected chi connectivity index (χ0v) is 15.0. The standard InChI is InChI=1S/C19H18N2O4S/c1-23-14-4-2-3-12(9-14)17-11-21(7-8-24-17)18(22)13-5-6-15-16(10-13)25-19(26)20-15/h2-6,9-10,17H,7-8,11H2,1H3,(H,20,26). The van der Waals surface area contributed by atoms with Gasteiger partial charge in [0.2, 0.25) is 0 Å². The number of carbonyl (C=O) groups is 1. The number of rotatable bonds is 3. The van der Waals surface area contributed by atoms with Crippen molar-refractivity contribution < 1.29 is 18.7 Å². The van der Waals surface area contributed by atoms with Crippen molar-refractivity contribution >= 4 is 29.2 Å². The van der Waals surface area contributed by atoms with Crippen molar-refractivity contribution in [1.29, 1.82) is 0 Å². The number of aromatic amines is 1. The zero-order chi connectivity index (χ0) is 18.1. The topological polar surface area (TPSA) is 67.7 Å². The number of hydrogen-bond acceptors (Lipinski definition) is 5. The highest BCUT2D eigenvalue weighted by atomic mass is 32.1. The number of morpholine rings is 1. The molecule has 26 heavy (non-hydrogen) atoms. The molecular weight excluding hydrogens is 352 g/mol. The monoisotopic (exact) mass is 370 g/mol. The maximum Gasteiger partial charge on any atom is 0.266 e. The van der Waals surface area contributed by atoms with Gasteiger partial charge < -0.3 is 23.8 Å². The molecule has 2 aromatic carbocycles. The van der Waals surface area contributed by atoms with Crippen LogP contribution in [0.2, 0.25) is 0 Å². The molecule has 0 radical (unpaired) electrons. The van der Waals surface area contributed by atoms with Gasteiger partial charge in [-0.2, -0.15) is 0 Å². The van der Waals surface area contributed by atoms with Gasteiger partial charge in [-0.25, -0.2) is 0 Å². The van der Waals surface area contributed by atoms with Gasteiger partial charge in [0.15, 0.2) is 5.58 Å². The molecule has 1 amide bonds. The first-order valence-corrected chi connectivity index (χ1v) is 8.72. The molecule has 0 spiro atoms. The number of hydrogen-bond donors (Lipinski definition) is 1. The number of oxazole rings is 1. The molecule has 3 aromatic rings. The minimum absolute atomic E-state index is 0.0505. The number of amides is 1. The number of benzene rings is 2. The SMILES string of the molecule is COc1cccc(C2CN(C(=O)c3ccc4[nH]c(=S)oc4c3)CCO2)c1. The van der Waals surface area contributed by atoms with Crippen LogP contribution in [0.3, 0.4) is 0 Å². The molecule has 1 saturated heterocycles. The molecule has 7 heteroatoms. The summed E-state index contributed by atoms with van der Waals surface area (Å²) in [6.07, 6.45) is -0.178. The van der Waals surface area contributed by atoms with Gasteiger partial charge >= 0.3 is 0 Å². The molecule has 1 fully saturated rings. The van der Waals surface area contributed by atoms with Gasteiger partial charge in [-0.05, 0) is 48.1 Å². The first-order valence-electron chi connectivity index (χ1n) is 8.32. The number of aromatic nitrogens is 1. The van der Waals surface area contributed by atoms with Gasteiger partial charge in [-0.15, -0.1) is 0 Å². The second kappa shape index (κ2) is 6.93. The predicted molar refractivity (Wildman–Crippen MR) is 99.0 cm³/mol. The smallest absolute Gasteiger partial charge is 0.266 e. The van der Waals surface area contributed by atoms with E-state index in [9.17, 15) is 4.79 Å². The van der Waals surface area contributed by atoms with Gasteiger partial charge in [0.1, 0.15) is 11.9 Å². The van der Waals surface area contributed by atoms with Crippen molar-refractivity contribution in [3.8, 4) is 5.75 Å². The average Bonchev–Trinajstić information content (AvgIpc) is 3.06. The highest BCUT2D eigenvalue weighted by molar-refractivity contribution is 7.71. The van der Waals surface area contributed by atoms with E-state index in [0.717, 1.165) is 16.8 Å². The second-order valence-corrected chi connectivity index (χ2v) is 6.48. The molecule has 1 aromatic heterocycles. The molecule has 0 bridgehead atoms. The number of methoxy groups -OCH3 is 1.